The highest BCUT2D eigenvalue weighted by Crippen LogP contribution is 2.35. The molecule has 1 fully saturated rings. The molecule has 0 saturated carbocycles. The number of urea groups is 1. The number of pyridine rings is 1. The number of nitrogens with one attached hydrogen (secondary N) is 2. The molecule has 1 saturated heterocycles. The molecule has 1 aliphatic rings. The average molecular weight is 538 g/mol. The summed E-state index contributed by atoms with van der Waals surface area (Å²) < 4.78 is 43.3. The third-order valence-electron chi connectivity index (χ3n) is 6.73. The topological polar surface area (TPSA) is 95.4 Å². The molecule has 12 heteroatoms. The van der Waals surface area contributed by atoms with E-state index in [4.69, 9.17) is 0 Å². The Morgan fingerprint density at radius 2 is 1.54 bits per heavy atom. The fourth-order valence-corrected chi connectivity index (χ4v) is 4.54. The van der Waals surface area contributed by atoms with E-state index >= 15 is 0 Å². The third-order valence-corrected chi connectivity index (χ3v) is 6.73. The maximum atomic E-state index is 13.9. The minimum Gasteiger partial charge on any atom is -0.336 e. The molecule has 2 aromatic heterocycles. The molecule has 0 spiro atoms. The Morgan fingerprint density at radius 1 is 0.872 bits per heavy atom. The lowest BCUT2D eigenvalue weighted by molar-refractivity contribution is -0.138. The summed E-state index contributed by atoms with van der Waals surface area (Å²) in [7, 11) is 3.72. The van der Waals surface area contributed by atoms with Gasteiger partial charge < -0.3 is 20.4 Å². The number of amides is 3. The number of anilines is 2. The monoisotopic (exact) mass is 537 g/mol. The summed E-state index contributed by atoms with van der Waals surface area (Å²) in [5.41, 5.74) is 1.45. The van der Waals surface area contributed by atoms with Crippen LogP contribution in [0.1, 0.15) is 15.9 Å². The van der Waals surface area contributed by atoms with E-state index in [0.29, 0.717) is 31.9 Å². The number of benzene rings is 2. The number of aryl methyl sites for hydroxylation is 1. The van der Waals surface area contributed by atoms with Crippen LogP contribution in [0.25, 0.3) is 22.0 Å². The van der Waals surface area contributed by atoms with Gasteiger partial charge in [-0.05, 0) is 42.9 Å². The summed E-state index contributed by atoms with van der Waals surface area (Å²) in [5.74, 6) is -0.677. The Hall–Kier alpha value is -4.45. The van der Waals surface area contributed by atoms with Crippen LogP contribution >= 0.6 is 0 Å². The standard InChI is InChI=1S/C27H26F3N7O2/c1-35-9-11-37(12-10-35)25(38)20-8-7-19(13-23(20)27(28,29)30)34-26(39)33-18-5-3-17(4-6-18)21-14-31-16-24-22(21)15-32-36(24)2/h3-8,13-16H,9-12H2,1-2H3,(H2,33,34,39). The molecule has 0 bridgehead atoms. The van der Waals surface area contributed by atoms with E-state index in [2.05, 4.69) is 20.7 Å². The summed E-state index contributed by atoms with van der Waals surface area (Å²) in [4.78, 5) is 33.1. The predicted molar refractivity (Wildman–Crippen MR) is 141 cm³/mol. The van der Waals surface area contributed by atoms with Crippen LogP contribution in [0, 0.1) is 0 Å². The van der Waals surface area contributed by atoms with Crippen molar-refractivity contribution in [2.75, 3.05) is 43.9 Å². The van der Waals surface area contributed by atoms with Gasteiger partial charge in [0.1, 0.15) is 0 Å². The fraction of sp³-hybridized carbons (Fsp3) is 0.259. The average Bonchev–Trinajstić information content (AvgIpc) is 3.29. The Morgan fingerprint density at radius 3 is 2.23 bits per heavy atom. The number of fused-ring (bicyclic) bond motifs is 1. The normalized spacial score (nSPS) is 14.4. The molecule has 39 heavy (non-hydrogen) atoms. The maximum absolute atomic E-state index is 13.9. The van der Waals surface area contributed by atoms with E-state index in [1.807, 2.05) is 19.0 Å². The van der Waals surface area contributed by atoms with Gasteiger partial charge in [-0.25, -0.2) is 4.79 Å². The molecular weight excluding hydrogens is 511 g/mol. The fourth-order valence-electron chi connectivity index (χ4n) is 4.54. The van der Waals surface area contributed by atoms with Gasteiger partial charge in [-0.3, -0.25) is 14.5 Å². The lowest BCUT2D eigenvalue weighted by Gasteiger charge is -2.33. The molecular formula is C27H26F3N7O2. The first kappa shape index (κ1) is 26.2. The number of aromatic nitrogens is 3. The molecule has 0 unspecified atom stereocenters. The molecule has 1 aliphatic heterocycles. The van der Waals surface area contributed by atoms with E-state index in [9.17, 15) is 22.8 Å². The minimum absolute atomic E-state index is 0.0827. The highest BCUT2D eigenvalue weighted by atomic mass is 19.4. The smallest absolute Gasteiger partial charge is 0.336 e. The van der Waals surface area contributed by atoms with Crippen LogP contribution < -0.4 is 10.6 Å². The van der Waals surface area contributed by atoms with Gasteiger partial charge in [0.2, 0.25) is 0 Å². The summed E-state index contributed by atoms with van der Waals surface area (Å²) in [6, 6.07) is 9.45. The van der Waals surface area contributed by atoms with Crippen LogP contribution in [0.3, 0.4) is 0 Å². The summed E-state index contributed by atoms with van der Waals surface area (Å²) in [6.07, 6.45) is 0.444. The molecule has 2 N–H and O–H groups in total. The van der Waals surface area contributed by atoms with Crippen LogP contribution in [-0.2, 0) is 13.2 Å². The van der Waals surface area contributed by atoms with Crippen molar-refractivity contribution >= 4 is 34.2 Å². The van der Waals surface area contributed by atoms with E-state index in [0.717, 1.165) is 34.2 Å². The van der Waals surface area contributed by atoms with E-state index in [1.54, 1.807) is 47.5 Å². The predicted octanol–water partition coefficient (Wildman–Crippen LogP) is 4.69. The molecule has 0 aliphatic carbocycles. The van der Waals surface area contributed by atoms with Crippen LogP contribution in [0.4, 0.5) is 29.3 Å². The minimum atomic E-state index is -4.77. The number of nitrogens with zero attached hydrogens (tertiary/aromatic N) is 5. The Balaban J connectivity index is 1.29. The van der Waals surface area contributed by atoms with Gasteiger partial charge in [-0.15, -0.1) is 0 Å². The van der Waals surface area contributed by atoms with Crippen LogP contribution in [0.2, 0.25) is 0 Å². The number of hydrogen-bond donors (Lipinski definition) is 2. The number of hydrogen-bond acceptors (Lipinski definition) is 5. The first-order chi connectivity index (χ1) is 18.6. The van der Waals surface area contributed by atoms with Crippen LogP contribution in [-0.4, -0.2) is 69.7 Å². The van der Waals surface area contributed by atoms with Gasteiger partial charge in [0.05, 0.1) is 29.0 Å². The number of rotatable bonds is 4. The van der Waals surface area contributed by atoms with Crippen molar-refractivity contribution in [3.05, 3.63) is 72.2 Å². The quantitative estimate of drug-likeness (QED) is 0.394. The summed E-state index contributed by atoms with van der Waals surface area (Å²) >= 11 is 0. The number of likely N-dealkylation sites (N-methyl/N-ethyl adjacent to an activating group) is 1. The second-order valence-corrected chi connectivity index (χ2v) is 9.40. The second kappa shape index (κ2) is 10.4. The first-order valence-corrected chi connectivity index (χ1v) is 12.2. The first-order valence-electron chi connectivity index (χ1n) is 12.2. The van der Waals surface area contributed by atoms with Crippen molar-refractivity contribution in [2.45, 2.75) is 6.18 Å². The molecule has 0 atom stereocenters. The molecule has 0 radical (unpaired) electrons. The zero-order valence-corrected chi connectivity index (χ0v) is 21.3. The summed E-state index contributed by atoms with van der Waals surface area (Å²) in [6.45, 7) is 1.87. The van der Waals surface area contributed by atoms with Gasteiger partial charge in [0.25, 0.3) is 5.91 Å². The Bertz CT molecular complexity index is 1520. The molecule has 3 amide bonds. The van der Waals surface area contributed by atoms with Crippen LogP contribution in [0.5, 0.6) is 0 Å². The van der Waals surface area contributed by atoms with E-state index < -0.39 is 29.2 Å². The van der Waals surface area contributed by atoms with Gasteiger partial charge in [0, 0.05) is 61.7 Å². The van der Waals surface area contributed by atoms with Gasteiger partial charge in [-0.1, -0.05) is 12.1 Å². The zero-order valence-electron chi connectivity index (χ0n) is 21.3. The van der Waals surface area contributed by atoms with Crippen molar-refractivity contribution in [3.8, 4) is 11.1 Å². The largest absolute Gasteiger partial charge is 0.417 e. The highest BCUT2D eigenvalue weighted by Gasteiger charge is 2.37. The van der Waals surface area contributed by atoms with E-state index in [-0.39, 0.29) is 5.69 Å². The van der Waals surface area contributed by atoms with Crippen molar-refractivity contribution in [1.82, 2.24) is 24.6 Å². The van der Waals surface area contributed by atoms with E-state index in [1.165, 1.54) is 11.0 Å². The van der Waals surface area contributed by atoms with Crippen molar-refractivity contribution in [2.24, 2.45) is 7.05 Å². The molecule has 5 rings (SSSR count). The Kier molecular flexibility index (Phi) is 6.96. The molecule has 9 nitrogen and oxygen atoms in total. The lowest BCUT2D eigenvalue weighted by atomic mass is 10.0. The number of carbonyl (C=O) groups excluding carboxylic acids is 2. The van der Waals surface area contributed by atoms with Gasteiger partial charge >= 0.3 is 12.2 Å². The van der Waals surface area contributed by atoms with Crippen molar-refractivity contribution < 1.29 is 22.8 Å². The Labute approximate surface area is 222 Å². The summed E-state index contributed by atoms with van der Waals surface area (Å²) in [5, 5.41) is 10.2. The van der Waals surface area contributed by atoms with Gasteiger partial charge in [-0.2, -0.15) is 18.3 Å². The molecule has 2 aromatic carbocycles. The number of halogens is 3. The second-order valence-electron chi connectivity index (χ2n) is 9.40. The number of piperazine rings is 1. The molecule has 202 valence electrons. The molecule has 4 aromatic rings. The lowest BCUT2D eigenvalue weighted by Crippen LogP contribution is -2.47. The zero-order chi connectivity index (χ0) is 27.7. The van der Waals surface area contributed by atoms with Gasteiger partial charge in [0.15, 0.2) is 0 Å². The van der Waals surface area contributed by atoms with Crippen LogP contribution in [0.15, 0.2) is 61.1 Å². The number of carbonyl (C=O) groups is 2. The van der Waals surface area contributed by atoms with Crippen molar-refractivity contribution in [1.29, 1.82) is 0 Å². The molecule has 3 heterocycles. The SMILES string of the molecule is CN1CCN(C(=O)c2ccc(NC(=O)Nc3ccc(-c4cncc5c4cnn5C)cc3)cc2C(F)(F)F)CC1. The van der Waals surface area contributed by atoms with Crippen molar-refractivity contribution in [3.63, 3.8) is 0 Å². The number of alkyl halides is 3. The highest BCUT2D eigenvalue weighted by molar-refractivity contribution is 6.01. The maximum Gasteiger partial charge on any atom is 0.417 e. The third kappa shape index (κ3) is 5.55.